The van der Waals surface area contributed by atoms with Crippen molar-refractivity contribution in [3.8, 4) is 0 Å². The summed E-state index contributed by atoms with van der Waals surface area (Å²) in [7, 11) is -2.10. The Hall–Kier alpha value is -2.16. The molecular weight excluding hydrogens is 373 g/mol. The van der Waals surface area contributed by atoms with E-state index in [-0.39, 0.29) is 23.6 Å². The number of halogens is 1. The molecule has 1 aliphatic carbocycles. The number of amides is 1. The third-order valence-electron chi connectivity index (χ3n) is 5.32. The zero-order valence-electron chi connectivity index (χ0n) is 15.5. The maximum Gasteiger partial charge on any atom is 0.272 e. The SMILES string of the molecule is CO/N=C1/C(=O)N(Cc2cc(F)ccc2NS(C)(=O)=O)CCC12CCCC2. The maximum absolute atomic E-state index is 13.7. The molecule has 0 atom stereocenters. The highest BCUT2D eigenvalue weighted by molar-refractivity contribution is 7.92. The van der Waals surface area contributed by atoms with Crippen LogP contribution in [0.25, 0.3) is 0 Å². The first-order valence-electron chi connectivity index (χ1n) is 8.91. The molecule has 1 saturated carbocycles. The second-order valence-electron chi connectivity index (χ2n) is 7.26. The van der Waals surface area contributed by atoms with E-state index < -0.39 is 15.8 Å². The van der Waals surface area contributed by atoms with Gasteiger partial charge in [-0.1, -0.05) is 18.0 Å². The Morgan fingerprint density at radius 1 is 1.30 bits per heavy atom. The number of hydrogen-bond donors (Lipinski definition) is 1. The summed E-state index contributed by atoms with van der Waals surface area (Å²) >= 11 is 0. The molecule has 0 radical (unpaired) electrons. The number of piperidine rings is 1. The van der Waals surface area contributed by atoms with Crippen molar-refractivity contribution in [2.75, 3.05) is 24.6 Å². The summed E-state index contributed by atoms with van der Waals surface area (Å²) in [6.45, 7) is 0.601. The van der Waals surface area contributed by atoms with E-state index in [0.29, 0.717) is 17.8 Å². The quantitative estimate of drug-likeness (QED) is 0.773. The van der Waals surface area contributed by atoms with Crippen LogP contribution in [-0.2, 0) is 26.2 Å². The molecule has 3 rings (SSSR count). The summed E-state index contributed by atoms with van der Waals surface area (Å²) in [5.41, 5.74) is 0.841. The maximum atomic E-state index is 13.7. The van der Waals surface area contributed by atoms with E-state index in [1.807, 2.05) is 0 Å². The third kappa shape index (κ3) is 4.23. The van der Waals surface area contributed by atoms with Gasteiger partial charge in [-0.3, -0.25) is 9.52 Å². The average Bonchev–Trinajstić information content (AvgIpc) is 3.05. The summed E-state index contributed by atoms with van der Waals surface area (Å²) in [4.78, 5) is 19.6. The number of likely N-dealkylation sites (tertiary alicyclic amines) is 1. The Morgan fingerprint density at radius 3 is 2.63 bits per heavy atom. The van der Waals surface area contributed by atoms with Crippen LogP contribution in [0.5, 0.6) is 0 Å². The highest BCUT2D eigenvalue weighted by atomic mass is 32.2. The van der Waals surface area contributed by atoms with Gasteiger partial charge >= 0.3 is 0 Å². The van der Waals surface area contributed by atoms with Crippen LogP contribution in [0.3, 0.4) is 0 Å². The van der Waals surface area contributed by atoms with Crippen LogP contribution in [0.2, 0.25) is 0 Å². The molecule has 148 valence electrons. The normalized spacial score (nSPS) is 21.1. The third-order valence-corrected chi connectivity index (χ3v) is 5.91. The van der Waals surface area contributed by atoms with Crippen molar-refractivity contribution in [1.82, 2.24) is 4.90 Å². The topological polar surface area (TPSA) is 88.1 Å². The standard InChI is InChI=1S/C18H24FN3O4S/c1-26-20-16-17(23)22(10-9-18(16)7-3-4-8-18)12-13-11-14(19)5-6-15(13)21-27(2,24)25/h5-6,11,21H,3-4,7-10,12H2,1-2H3/b20-16-. The first kappa shape index (κ1) is 19.6. The second-order valence-corrected chi connectivity index (χ2v) is 9.01. The molecule has 0 aromatic heterocycles. The predicted molar refractivity (Wildman–Crippen MR) is 100 cm³/mol. The van der Waals surface area contributed by atoms with Crippen molar-refractivity contribution < 1.29 is 22.4 Å². The molecule has 1 saturated heterocycles. The average molecular weight is 397 g/mol. The molecule has 1 aromatic rings. The fraction of sp³-hybridized carbons (Fsp3) is 0.556. The van der Waals surface area contributed by atoms with Gasteiger partial charge in [0.05, 0.1) is 11.9 Å². The largest absolute Gasteiger partial charge is 0.399 e. The Kier molecular flexibility index (Phi) is 5.41. The van der Waals surface area contributed by atoms with Gasteiger partial charge < -0.3 is 9.74 Å². The van der Waals surface area contributed by atoms with E-state index in [9.17, 15) is 17.6 Å². The molecule has 1 N–H and O–H groups in total. The van der Waals surface area contributed by atoms with Crippen LogP contribution in [0.1, 0.15) is 37.7 Å². The van der Waals surface area contributed by atoms with E-state index in [4.69, 9.17) is 4.84 Å². The molecule has 1 spiro atoms. The zero-order chi connectivity index (χ0) is 19.7. The predicted octanol–water partition coefficient (Wildman–Crippen LogP) is 2.49. The minimum absolute atomic E-state index is 0.0905. The smallest absolute Gasteiger partial charge is 0.272 e. The molecule has 1 aliphatic heterocycles. The number of carbonyl (C=O) groups is 1. The van der Waals surface area contributed by atoms with Crippen molar-refractivity contribution in [1.29, 1.82) is 0 Å². The minimum Gasteiger partial charge on any atom is -0.399 e. The summed E-state index contributed by atoms with van der Waals surface area (Å²) in [5.74, 6) is -0.730. The Morgan fingerprint density at radius 2 is 2.00 bits per heavy atom. The first-order chi connectivity index (χ1) is 12.7. The van der Waals surface area contributed by atoms with E-state index in [2.05, 4.69) is 9.88 Å². The number of nitrogens with zero attached hydrogens (tertiary/aromatic N) is 2. The van der Waals surface area contributed by atoms with Crippen LogP contribution in [0.15, 0.2) is 23.4 Å². The van der Waals surface area contributed by atoms with Crippen LogP contribution in [0.4, 0.5) is 10.1 Å². The Bertz CT molecular complexity index is 863. The number of anilines is 1. The van der Waals surface area contributed by atoms with Gasteiger partial charge in [-0.15, -0.1) is 0 Å². The number of oxime groups is 1. The van der Waals surface area contributed by atoms with Crippen molar-refractivity contribution in [3.05, 3.63) is 29.6 Å². The first-order valence-corrected chi connectivity index (χ1v) is 10.8. The molecule has 1 heterocycles. The van der Waals surface area contributed by atoms with Gasteiger partial charge in [0.1, 0.15) is 12.9 Å². The number of sulfonamides is 1. The molecule has 2 aliphatic rings. The van der Waals surface area contributed by atoms with Gasteiger partial charge in [0.15, 0.2) is 5.71 Å². The molecular formula is C18H24FN3O4S. The number of rotatable bonds is 5. The summed E-state index contributed by atoms with van der Waals surface area (Å²) in [6, 6.07) is 3.79. The minimum atomic E-state index is -3.52. The van der Waals surface area contributed by atoms with Gasteiger partial charge in [-0.05, 0) is 43.0 Å². The van der Waals surface area contributed by atoms with Crippen LogP contribution in [-0.4, -0.2) is 44.8 Å². The fourth-order valence-corrected chi connectivity index (χ4v) is 4.66. The van der Waals surface area contributed by atoms with Gasteiger partial charge in [-0.25, -0.2) is 12.8 Å². The summed E-state index contributed by atoms with van der Waals surface area (Å²) in [5, 5.41) is 4.03. The molecule has 2 fully saturated rings. The molecule has 1 aromatic carbocycles. The zero-order valence-corrected chi connectivity index (χ0v) is 16.3. The molecule has 0 bridgehead atoms. The lowest BCUT2D eigenvalue weighted by Gasteiger charge is -2.39. The van der Waals surface area contributed by atoms with Crippen molar-refractivity contribution in [2.24, 2.45) is 10.6 Å². The monoisotopic (exact) mass is 397 g/mol. The highest BCUT2D eigenvalue weighted by Gasteiger charge is 2.47. The van der Waals surface area contributed by atoms with Crippen LogP contribution in [0, 0.1) is 11.2 Å². The fourth-order valence-electron chi connectivity index (χ4n) is 4.06. The van der Waals surface area contributed by atoms with Gasteiger partial charge in [0.2, 0.25) is 10.0 Å². The number of benzene rings is 1. The number of carbonyl (C=O) groups excluding carboxylic acids is 1. The van der Waals surface area contributed by atoms with Gasteiger partial charge in [-0.2, -0.15) is 0 Å². The Labute approximate surface area is 158 Å². The van der Waals surface area contributed by atoms with E-state index in [0.717, 1.165) is 38.4 Å². The van der Waals surface area contributed by atoms with Crippen molar-refractivity contribution in [3.63, 3.8) is 0 Å². The number of hydrogen-bond acceptors (Lipinski definition) is 5. The molecule has 1 amide bonds. The Balaban J connectivity index is 1.87. The lowest BCUT2D eigenvalue weighted by Crippen LogP contribution is -2.51. The van der Waals surface area contributed by atoms with Gasteiger partial charge in [0, 0.05) is 18.5 Å². The van der Waals surface area contributed by atoms with Crippen molar-refractivity contribution >= 4 is 27.3 Å². The highest BCUT2D eigenvalue weighted by Crippen LogP contribution is 2.45. The lowest BCUT2D eigenvalue weighted by atomic mass is 9.75. The molecule has 27 heavy (non-hydrogen) atoms. The van der Waals surface area contributed by atoms with E-state index >= 15 is 0 Å². The molecule has 0 unspecified atom stereocenters. The van der Waals surface area contributed by atoms with Crippen LogP contribution < -0.4 is 4.72 Å². The molecule has 9 heteroatoms. The van der Waals surface area contributed by atoms with Crippen LogP contribution >= 0.6 is 0 Å². The number of nitrogens with one attached hydrogen (secondary N) is 1. The molecule has 7 nitrogen and oxygen atoms in total. The lowest BCUT2D eigenvalue weighted by molar-refractivity contribution is -0.127. The van der Waals surface area contributed by atoms with Gasteiger partial charge in [0.25, 0.3) is 5.91 Å². The second kappa shape index (κ2) is 7.46. The summed E-state index contributed by atoms with van der Waals surface area (Å²) < 4.78 is 39.3. The summed E-state index contributed by atoms with van der Waals surface area (Å²) in [6.07, 6.45) is 5.74. The van der Waals surface area contributed by atoms with E-state index in [1.165, 1.54) is 25.3 Å². The van der Waals surface area contributed by atoms with Crippen molar-refractivity contribution in [2.45, 2.75) is 38.6 Å². The van der Waals surface area contributed by atoms with E-state index in [1.54, 1.807) is 4.90 Å².